The van der Waals surface area contributed by atoms with Gasteiger partial charge in [-0.05, 0) is 30.0 Å². The van der Waals surface area contributed by atoms with Gasteiger partial charge in [-0.15, -0.1) is 11.3 Å². The number of carbonyl (C=O) groups excluding carboxylic acids is 1. The van der Waals surface area contributed by atoms with E-state index in [-0.39, 0.29) is 11.8 Å². The molecule has 0 aromatic carbocycles. The third-order valence-electron chi connectivity index (χ3n) is 6.19. The summed E-state index contributed by atoms with van der Waals surface area (Å²) >= 11 is 1.77. The number of methoxy groups -OCH3 is 1. The number of aryl methyl sites for hydroxylation is 2. The first-order chi connectivity index (χ1) is 16.5. The number of halogens is 3. The summed E-state index contributed by atoms with van der Waals surface area (Å²) in [5.41, 5.74) is 1.50. The second-order valence-corrected chi connectivity index (χ2v) is 9.46. The van der Waals surface area contributed by atoms with Crippen molar-refractivity contribution in [3.8, 4) is 0 Å². The van der Waals surface area contributed by atoms with Crippen LogP contribution < -0.4 is 0 Å². The lowest BCUT2D eigenvalue weighted by Crippen LogP contribution is -2.60. The molecule has 0 radical (unpaired) electrons. The van der Waals surface area contributed by atoms with E-state index in [1.54, 1.807) is 24.6 Å². The Bertz CT molecular complexity index is 1030. The number of aliphatic carboxylic acids is 1. The molecule has 35 heavy (non-hydrogen) atoms. The van der Waals surface area contributed by atoms with Crippen LogP contribution in [0.5, 0.6) is 0 Å². The van der Waals surface area contributed by atoms with Crippen LogP contribution in [0.1, 0.15) is 22.1 Å². The predicted molar refractivity (Wildman–Crippen MR) is 121 cm³/mol. The summed E-state index contributed by atoms with van der Waals surface area (Å²) in [5, 5.41) is 13.6. The minimum Gasteiger partial charge on any atom is -0.475 e. The Morgan fingerprint density at radius 3 is 2.66 bits per heavy atom. The molecule has 4 heterocycles. The average Bonchev–Trinajstić information content (AvgIpc) is 3.49. The minimum absolute atomic E-state index is 0.0434. The molecule has 2 unspecified atom stereocenters. The number of hydrogen-bond donors (Lipinski definition) is 1. The smallest absolute Gasteiger partial charge is 0.475 e. The Labute approximate surface area is 205 Å². The van der Waals surface area contributed by atoms with Gasteiger partial charge in [0.15, 0.2) is 5.60 Å². The zero-order valence-corrected chi connectivity index (χ0v) is 20.6. The molecule has 1 amide bonds. The number of alkyl halides is 3. The van der Waals surface area contributed by atoms with Crippen molar-refractivity contribution in [2.75, 3.05) is 46.5 Å². The largest absolute Gasteiger partial charge is 0.490 e. The molecule has 0 saturated carbocycles. The molecule has 4 rings (SSSR count). The lowest BCUT2D eigenvalue weighted by molar-refractivity contribution is -0.192. The number of aromatic nitrogens is 2. The maximum atomic E-state index is 13.6. The van der Waals surface area contributed by atoms with Gasteiger partial charge in [-0.3, -0.25) is 14.4 Å². The van der Waals surface area contributed by atoms with E-state index in [2.05, 4.69) is 28.4 Å². The monoisotopic (exact) mass is 518 g/mol. The van der Waals surface area contributed by atoms with Gasteiger partial charge in [0.05, 0.1) is 19.1 Å². The number of rotatable bonds is 6. The van der Waals surface area contributed by atoms with Crippen LogP contribution in [0.15, 0.2) is 23.7 Å². The van der Waals surface area contributed by atoms with Gasteiger partial charge in [0.1, 0.15) is 0 Å². The van der Waals surface area contributed by atoms with Crippen molar-refractivity contribution >= 4 is 23.2 Å². The molecule has 13 heteroatoms. The summed E-state index contributed by atoms with van der Waals surface area (Å²) in [6.07, 6.45) is -3.29. The summed E-state index contributed by atoms with van der Waals surface area (Å²) in [7, 11) is 3.60. The third-order valence-corrected chi connectivity index (χ3v) is 7.20. The molecule has 1 N–H and O–H groups in total. The van der Waals surface area contributed by atoms with E-state index in [0.717, 1.165) is 18.8 Å². The number of morpholine rings is 1. The van der Waals surface area contributed by atoms with Crippen molar-refractivity contribution in [2.24, 2.45) is 7.05 Å². The molecule has 9 nitrogen and oxygen atoms in total. The van der Waals surface area contributed by atoms with Gasteiger partial charge in [0.25, 0.3) is 5.91 Å². The van der Waals surface area contributed by atoms with Crippen LogP contribution in [0.3, 0.4) is 0 Å². The van der Waals surface area contributed by atoms with Crippen LogP contribution in [-0.2, 0) is 32.7 Å². The van der Waals surface area contributed by atoms with E-state index in [0.29, 0.717) is 32.8 Å². The van der Waals surface area contributed by atoms with Crippen LogP contribution in [0.25, 0.3) is 0 Å². The average molecular weight is 519 g/mol. The number of carboxylic acid groups (broad SMARTS) is 1. The molecule has 194 valence electrons. The zero-order chi connectivity index (χ0) is 25.8. The van der Waals surface area contributed by atoms with Gasteiger partial charge < -0.3 is 19.5 Å². The zero-order valence-electron chi connectivity index (χ0n) is 19.7. The third kappa shape index (κ3) is 6.02. The number of carboxylic acids is 1. The van der Waals surface area contributed by atoms with Crippen LogP contribution >= 0.6 is 11.3 Å². The van der Waals surface area contributed by atoms with E-state index in [1.165, 1.54) is 10.4 Å². The summed E-state index contributed by atoms with van der Waals surface area (Å²) in [5.74, 6) is -2.72. The summed E-state index contributed by atoms with van der Waals surface area (Å²) in [4.78, 5) is 28.1. The lowest BCUT2D eigenvalue weighted by atomic mass is 9.85. The Balaban J connectivity index is 0.000000429. The molecule has 0 aliphatic carbocycles. The normalized spacial score (nSPS) is 23.0. The van der Waals surface area contributed by atoms with Gasteiger partial charge >= 0.3 is 12.1 Å². The molecular formula is C22H29F3N4O5S. The number of carbonyl (C=O) groups is 2. The van der Waals surface area contributed by atoms with Crippen molar-refractivity contribution in [3.63, 3.8) is 0 Å². The van der Waals surface area contributed by atoms with Crippen LogP contribution in [0.4, 0.5) is 13.2 Å². The highest BCUT2D eigenvalue weighted by atomic mass is 32.1. The summed E-state index contributed by atoms with van der Waals surface area (Å²) in [6.45, 7) is 6.67. The molecule has 2 aromatic rings. The number of hydrogen-bond acceptors (Lipinski definition) is 7. The van der Waals surface area contributed by atoms with Crippen LogP contribution in [0, 0.1) is 6.92 Å². The van der Waals surface area contributed by atoms with Crippen molar-refractivity contribution in [3.05, 3.63) is 39.8 Å². The number of likely N-dealkylation sites (tertiary alicyclic amines) is 1. The van der Waals surface area contributed by atoms with E-state index in [1.807, 2.05) is 22.7 Å². The molecule has 2 aromatic heterocycles. The lowest BCUT2D eigenvalue weighted by Gasteiger charge is -2.42. The fourth-order valence-electron chi connectivity index (χ4n) is 4.41. The van der Waals surface area contributed by atoms with Crippen LogP contribution in [0.2, 0.25) is 0 Å². The first kappa shape index (κ1) is 27.1. The Hall–Kier alpha value is -2.48. The number of ether oxygens (including phenoxy) is 2. The molecule has 2 atom stereocenters. The van der Waals surface area contributed by atoms with E-state index in [4.69, 9.17) is 19.4 Å². The van der Waals surface area contributed by atoms with Gasteiger partial charge in [0.2, 0.25) is 0 Å². The van der Waals surface area contributed by atoms with Gasteiger partial charge in [-0.2, -0.15) is 18.3 Å². The van der Waals surface area contributed by atoms with Crippen LogP contribution in [-0.4, -0.2) is 94.8 Å². The van der Waals surface area contributed by atoms with E-state index in [9.17, 15) is 18.0 Å². The fraction of sp³-hybridized carbons (Fsp3) is 0.591. The second-order valence-electron chi connectivity index (χ2n) is 8.45. The second kappa shape index (κ2) is 11.1. The SMILES string of the molecule is COCCN1CCOC2(CN(Cc3sccc3C)CC2c2ccnn2C)C1=O.O=C(O)C(F)(F)F. The fourth-order valence-corrected chi connectivity index (χ4v) is 5.35. The molecule has 0 bridgehead atoms. The maximum Gasteiger partial charge on any atom is 0.490 e. The highest BCUT2D eigenvalue weighted by molar-refractivity contribution is 7.10. The number of thiophene rings is 1. The molecule has 2 aliphatic heterocycles. The standard InChI is InChI=1S/C20H28N4O3S.C2HF3O2/c1-15-5-11-28-18(15)13-23-12-16(17-4-6-21-22(17)2)20(14-23)19(25)24(7-9-26-3)8-10-27-20;3-2(4,5)1(6)7/h4-6,11,16H,7-10,12-14H2,1-3H3;(H,6,7). The minimum atomic E-state index is -5.08. The highest BCUT2D eigenvalue weighted by Crippen LogP contribution is 2.42. The van der Waals surface area contributed by atoms with E-state index >= 15 is 0 Å². The maximum absolute atomic E-state index is 13.6. The van der Waals surface area contributed by atoms with Crippen molar-refractivity contribution in [1.29, 1.82) is 0 Å². The summed E-state index contributed by atoms with van der Waals surface area (Å²) < 4.78 is 45.1. The van der Waals surface area contributed by atoms with Gasteiger partial charge in [-0.25, -0.2) is 4.79 Å². The first-order valence-electron chi connectivity index (χ1n) is 10.9. The van der Waals surface area contributed by atoms with Crippen molar-refractivity contribution < 1.29 is 37.3 Å². The van der Waals surface area contributed by atoms with E-state index < -0.39 is 17.7 Å². The Morgan fingerprint density at radius 2 is 2.11 bits per heavy atom. The van der Waals surface area contributed by atoms with Crippen molar-refractivity contribution in [1.82, 2.24) is 19.6 Å². The molecule has 2 fully saturated rings. The molecule has 2 saturated heterocycles. The molecule has 1 spiro atoms. The first-order valence-corrected chi connectivity index (χ1v) is 11.8. The Kier molecular flexibility index (Phi) is 8.57. The highest BCUT2D eigenvalue weighted by Gasteiger charge is 2.57. The number of amides is 1. The quantitative estimate of drug-likeness (QED) is 0.627. The van der Waals surface area contributed by atoms with Gasteiger partial charge in [-0.1, -0.05) is 0 Å². The molecule has 2 aliphatic rings. The summed E-state index contributed by atoms with van der Waals surface area (Å²) in [6, 6.07) is 4.16. The number of nitrogens with zero attached hydrogens (tertiary/aromatic N) is 4. The topological polar surface area (TPSA) is 97.1 Å². The van der Waals surface area contributed by atoms with Gasteiger partial charge in [0, 0.05) is 63.6 Å². The Morgan fingerprint density at radius 1 is 1.40 bits per heavy atom. The molecular weight excluding hydrogens is 489 g/mol. The van der Waals surface area contributed by atoms with Crippen molar-refractivity contribution in [2.45, 2.75) is 31.2 Å². The predicted octanol–water partition coefficient (Wildman–Crippen LogP) is 2.27.